The van der Waals surface area contributed by atoms with E-state index < -0.39 is 0 Å². The smallest absolute Gasteiger partial charge is 0.0943 e. The lowest BCUT2D eigenvalue weighted by atomic mass is 10.1. The molecule has 0 unspecified atom stereocenters. The van der Waals surface area contributed by atoms with Crippen molar-refractivity contribution >= 4 is 22.5 Å². The molecule has 0 aliphatic heterocycles. The fourth-order valence-corrected chi connectivity index (χ4v) is 3.09. The molecule has 1 heterocycles. The predicted octanol–water partition coefficient (Wildman–Crippen LogP) is 4.43. The largest absolute Gasteiger partial charge is 0.367 e. The minimum Gasteiger partial charge on any atom is -0.367 e. The molecular formula is C18H24ClN3. The van der Waals surface area contributed by atoms with Crippen molar-refractivity contribution in [1.29, 1.82) is 0 Å². The molecule has 1 aromatic heterocycles. The third-order valence-electron chi connectivity index (χ3n) is 4.90. The summed E-state index contributed by atoms with van der Waals surface area (Å²) in [6, 6.07) is 6.34. The van der Waals surface area contributed by atoms with Gasteiger partial charge >= 0.3 is 0 Å². The van der Waals surface area contributed by atoms with Gasteiger partial charge in [-0.3, -0.25) is 0 Å². The lowest BCUT2D eigenvalue weighted by Gasteiger charge is -2.29. The average Bonchev–Trinajstić information content (AvgIpc) is 3.12. The summed E-state index contributed by atoms with van der Waals surface area (Å²) < 4.78 is 0. The summed E-state index contributed by atoms with van der Waals surface area (Å²) in [5.41, 5.74) is 3.77. The molecule has 0 radical (unpaired) electrons. The first-order valence-corrected chi connectivity index (χ1v) is 8.27. The van der Waals surface area contributed by atoms with Gasteiger partial charge in [0.15, 0.2) is 0 Å². The number of benzene rings is 1. The van der Waals surface area contributed by atoms with E-state index >= 15 is 0 Å². The third-order valence-corrected chi connectivity index (χ3v) is 5.25. The van der Waals surface area contributed by atoms with Crippen LogP contribution in [0.25, 0.3) is 10.9 Å². The first kappa shape index (κ1) is 15.3. The van der Waals surface area contributed by atoms with Gasteiger partial charge < -0.3 is 15.2 Å². The second-order valence-electron chi connectivity index (χ2n) is 6.54. The van der Waals surface area contributed by atoms with E-state index in [-0.39, 0.29) is 0 Å². The predicted molar refractivity (Wildman–Crippen MR) is 94.1 cm³/mol. The van der Waals surface area contributed by atoms with Crippen LogP contribution in [-0.4, -0.2) is 22.5 Å². The molecule has 1 aliphatic carbocycles. The topological polar surface area (TPSA) is 31.1 Å². The molecule has 0 bridgehead atoms. The Balaban J connectivity index is 1.70. The van der Waals surface area contributed by atoms with E-state index in [2.05, 4.69) is 54.8 Å². The van der Waals surface area contributed by atoms with Crippen LogP contribution in [0.4, 0.5) is 0 Å². The van der Waals surface area contributed by atoms with E-state index in [1.807, 2.05) is 6.07 Å². The van der Waals surface area contributed by atoms with Gasteiger partial charge in [-0.15, -0.1) is 0 Å². The van der Waals surface area contributed by atoms with Gasteiger partial charge in [-0.25, -0.2) is 0 Å². The summed E-state index contributed by atoms with van der Waals surface area (Å²) in [5, 5.41) is 5.42. The van der Waals surface area contributed by atoms with Gasteiger partial charge in [0, 0.05) is 34.2 Å². The van der Waals surface area contributed by atoms with Crippen molar-refractivity contribution in [3.8, 4) is 0 Å². The number of fused-ring (bicyclic) bond motifs is 1. The quantitative estimate of drug-likeness (QED) is 0.826. The number of halogens is 1. The molecular weight excluding hydrogens is 294 g/mol. The fraction of sp³-hybridized carbons (Fsp3) is 0.444. The van der Waals surface area contributed by atoms with Gasteiger partial charge in [0.05, 0.1) is 12.4 Å². The molecule has 3 rings (SSSR count). The minimum atomic E-state index is 0.300. The molecule has 0 spiro atoms. The van der Waals surface area contributed by atoms with Gasteiger partial charge in [0.1, 0.15) is 0 Å². The monoisotopic (exact) mass is 317 g/mol. The highest BCUT2D eigenvalue weighted by molar-refractivity contribution is 6.32. The first-order chi connectivity index (χ1) is 10.4. The Bertz CT molecular complexity index is 712. The number of H-pyrrole nitrogens is 1. The molecule has 2 aromatic rings. The molecule has 22 heavy (non-hydrogen) atoms. The van der Waals surface area contributed by atoms with Crippen LogP contribution in [0.5, 0.6) is 0 Å². The highest BCUT2D eigenvalue weighted by Crippen LogP contribution is 2.41. The number of hydrogen-bond acceptors (Lipinski definition) is 2. The Morgan fingerprint density at radius 1 is 1.41 bits per heavy atom. The first-order valence-electron chi connectivity index (χ1n) is 7.89. The van der Waals surface area contributed by atoms with Crippen molar-refractivity contribution in [3.63, 3.8) is 0 Å². The van der Waals surface area contributed by atoms with E-state index in [0.717, 1.165) is 40.4 Å². The van der Waals surface area contributed by atoms with Crippen LogP contribution in [0.3, 0.4) is 0 Å². The molecule has 3 nitrogen and oxygen atoms in total. The zero-order valence-corrected chi connectivity index (χ0v) is 14.3. The molecule has 0 atom stereocenters. The van der Waals surface area contributed by atoms with E-state index in [1.54, 1.807) is 0 Å². The zero-order valence-electron chi connectivity index (χ0n) is 13.6. The van der Waals surface area contributed by atoms with Crippen LogP contribution in [0.2, 0.25) is 5.02 Å². The SMILES string of the molecule is C=C(NCc1cc2cc(Cl)c(CC)cc2[nH]1)N(C)C1(C)CC1. The standard InChI is InChI=1S/C18H24ClN3/c1-5-13-10-17-14(9-16(13)19)8-15(21-17)11-20-12(2)22(4)18(3)6-7-18/h8-10,20-21H,2,5-7,11H2,1,3-4H3. The van der Waals surface area contributed by atoms with Crippen LogP contribution in [0, 0.1) is 0 Å². The van der Waals surface area contributed by atoms with Crippen molar-refractivity contribution < 1.29 is 0 Å². The van der Waals surface area contributed by atoms with Crippen molar-refractivity contribution in [2.75, 3.05) is 7.05 Å². The Kier molecular flexibility index (Phi) is 3.85. The molecule has 1 aromatic carbocycles. The molecule has 0 amide bonds. The summed E-state index contributed by atoms with van der Waals surface area (Å²) >= 11 is 6.29. The average molecular weight is 318 g/mol. The third kappa shape index (κ3) is 2.82. The van der Waals surface area contributed by atoms with Crippen LogP contribution in [0.15, 0.2) is 30.6 Å². The van der Waals surface area contributed by atoms with Gasteiger partial charge in [0.2, 0.25) is 0 Å². The summed E-state index contributed by atoms with van der Waals surface area (Å²) in [5.74, 6) is 0.978. The van der Waals surface area contributed by atoms with Crippen molar-refractivity contribution in [1.82, 2.24) is 15.2 Å². The number of hydrogen-bond donors (Lipinski definition) is 2. The molecule has 2 N–H and O–H groups in total. The van der Waals surface area contributed by atoms with Crippen LogP contribution in [-0.2, 0) is 13.0 Å². The van der Waals surface area contributed by atoms with Crippen molar-refractivity contribution in [2.45, 2.75) is 45.2 Å². The van der Waals surface area contributed by atoms with E-state index in [9.17, 15) is 0 Å². The van der Waals surface area contributed by atoms with Gasteiger partial charge in [0.25, 0.3) is 0 Å². The Hall–Kier alpha value is -1.61. The highest BCUT2D eigenvalue weighted by Gasteiger charge is 2.41. The normalized spacial score (nSPS) is 15.8. The molecule has 1 saturated carbocycles. The number of aryl methyl sites for hydroxylation is 1. The second kappa shape index (κ2) is 5.54. The molecule has 1 aliphatic rings. The maximum Gasteiger partial charge on any atom is 0.0943 e. The Labute approximate surface area is 137 Å². The minimum absolute atomic E-state index is 0.300. The maximum atomic E-state index is 6.29. The molecule has 118 valence electrons. The number of nitrogens with one attached hydrogen (secondary N) is 2. The molecule has 4 heteroatoms. The van der Waals surface area contributed by atoms with Crippen molar-refractivity contribution in [3.05, 3.63) is 46.9 Å². The van der Waals surface area contributed by atoms with Gasteiger partial charge in [-0.2, -0.15) is 0 Å². The maximum absolute atomic E-state index is 6.29. The number of nitrogens with zero attached hydrogens (tertiary/aromatic N) is 1. The fourth-order valence-electron chi connectivity index (χ4n) is 2.78. The van der Waals surface area contributed by atoms with E-state index in [1.165, 1.54) is 18.4 Å². The number of aromatic amines is 1. The second-order valence-corrected chi connectivity index (χ2v) is 6.94. The van der Waals surface area contributed by atoms with Gasteiger partial charge in [-0.05, 0) is 49.9 Å². The van der Waals surface area contributed by atoms with Crippen LogP contribution < -0.4 is 5.32 Å². The highest BCUT2D eigenvalue weighted by atomic mass is 35.5. The molecule has 1 fully saturated rings. The van der Waals surface area contributed by atoms with Crippen molar-refractivity contribution in [2.24, 2.45) is 0 Å². The lowest BCUT2D eigenvalue weighted by Crippen LogP contribution is -2.35. The zero-order chi connectivity index (χ0) is 15.9. The van der Waals surface area contributed by atoms with E-state index in [0.29, 0.717) is 5.54 Å². The Morgan fingerprint density at radius 2 is 2.14 bits per heavy atom. The van der Waals surface area contributed by atoms with Crippen LogP contribution >= 0.6 is 11.6 Å². The van der Waals surface area contributed by atoms with Gasteiger partial charge in [-0.1, -0.05) is 25.1 Å². The number of aromatic nitrogens is 1. The lowest BCUT2D eigenvalue weighted by molar-refractivity contribution is 0.282. The Morgan fingerprint density at radius 3 is 2.77 bits per heavy atom. The molecule has 0 saturated heterocycles. The van der Waals surface area contributed by atoms with Crippen LogP contribution in [0.1, 0.15) is 37.9 Å². The number of rotatable bonds is 6. The summed E-state index contributed by atoms with van der Waals surface area (Å²) in [6.45, 7) is 9.29. The summed E-state index contributed by atoms with van der Waals surface area (Å²) in [6.07, 6.45) is 3.44. The van der Waals surface area contributed by atoms with E-state index in [4.69, 9.17) is 11.6 Å². The summed E-state index contributed by atoms with van der Waals surface area (Å²) in [7, 11) is 2.11. The summed E-state index contributed by atoms with van der Waals surface area (Å²) in [4.78, 5) is 5.72.